The van der Waals surface area contributed by atoms with Crippen molar-refractivity contribution in [3.8, 4) is 5.75 Å². The molecule has 1 rings (SSSR count). The number of carbonyl (C=O) groups excluding carboxylic acids is 1. The Bertz CT molecular complexity index is 373. The van der Waals surface area contributed by atoms with E-state index in [9.17, 15) is 4.79 Å². The van der Waals surface area contributed by atoms with Gasteiger partial charge in [-0.2, -0.15) is 0 Å². The van der Waals surface area contributed by atoms with Crippen molar-refractivity contribution in [3.63, 3.8) is 0 Å². The van der Waals surface area contributed by atoms with Crippen molar-refractivity contribution in [2.75, 3.05) is 13.2 Å². The van der Waals surface area contributed by atoms with Gasteiger partial charge in [-0.25, -0.2) is 0 Å². The summed E-state index contributed by atoms with van der Waals surface area (Å²) in [7, 11) is 0. The van der Waals surface area contributed by atoms with Crippen LogP contribution < -0.4 is 10.1 Å². The summed E-state index contributed by atoms with van der Waals surface area (Å²) in [5.41, 5.74) is 1.15. The lowest BCUT2D eigenvalue weighted by Gasteiger charge is -2.19. The summed E-state index contributed by atoms with van der Waals surface area (Å²) in [5.74, 6) is 0.641. The van der Waals surface area contributed by atoms with Crippen LogP contribution in [0.2, 0.25) is 0 Å². The zero-order valence-electron chi connectivity index (χ0n) is 11.1. The average Bonchev–Trinajstić information content (AvgIpc) is 2.35. The Morgan fingerprint density at radius 3 is 2.44 bits per heavy atom. The first kappa shape index (κ1) is 14.5. The predicted octanol–water partition coefficient (Wildman–Crippen LogP) is 1.51. The van der Waals surface area contributed by atoms with Crippen LogP contribution in [0.15, 0.2) is 24.3 Å². The Kier molecular flexibility index (Phi) is 5.65. The normalized spacial score (nSPS) is 12.3. The van der Waals surface area contributed by atoms with Gasteiger partial charge in [-0.3, -0.25) is 4.79 Å². The molecule has 1 amide bonds. The van der Waals surface area contributed by atoms with E-state index in [0.29, 0.717) is 5.75 Å². The minimum Gasteiger partial charge on any atom is -0.484 e. The lowest BCUT2D eigenvalue weighted by molar-refractivity contribution is -0.124. The SMILES string of the molecule is Cc1ccc(OCC(=O)N[C@H](CO)C(C)C)cc1. The molecule has 100 valence electrons. The molecule has 0 saturated heterocycles. The standard InChI is InChI=1S/C14H21NO3/c1-10(2)13(8-16)15-14(17)9-18-12-6-4-11(3)5-7-12/h4-7,10,13,16H,8-9H2,1-3H3,(H,15,17)/t13-/m1/s1. The molecular formula is C14H21NO3. The number of aliphatic hydroxyl groups excluding tert-OH is 1. The fourth-order valence-electron chi connectivity index (χ4n) is 1.45. The first-order chi connectivity index (χ1) is 8.52. The highest BCUT2D eigenvalue weighted by Gasteiger charge is 2.15. The van der Waals surface area contributed by atoms with Crippen molar-refractivity contribution in [3.05, 3.63) is 29.8 Å². The van der Waals surface area contributed by atoms with E-state index in [-0.39, 0.29) is 31.1 Å². The molecule has 0 unspecified atom stereocenters. The molecule has 4 nitrogen and oxygen atoms in total. The molecule has 0 spiro atoms. The maximum Gasteiger partial charge on any atom is 0.258 e. The summed E-state index contributed by atoms with van der Waals surface area (Å²) in [5, 5.41) is 11.8. The van der Waals surface area contributed by atoms with Crippen LogP contribution in [0.4, 0.5) is 0 Å². The smallest absolute Gasteiger partial charge is 0.258 e. The maximum atomic E-state index is 11.6. The highest BCUT2D eigenvalue weighted by molar-refractivity contribution is 5.77. The third-order valence-electron chi connectivity index (χ3n) is 2.74. The molecule has 1 aromatic rings. The van der Waals surface area contributed by atoms with Gasteiger partial charge in [0.2, 0.25) is 0 Å². The van der Waals surface area contributed by atoms with E-state index in [1.54, 1.807) is 0 Å². The summed E-state index contributed by atoms with van der Waals surface area (Å²) < 4.78 is 5.35. The maximum absolute atomic E-state index is 11.6. The molecule has 0 bridgehead atoms. The second-order valence-electron chi connectivity index (χ2n) is 4.70. The van der Waals surface area contributed by atoms with Crippen molar-refractivity contribution < 1.29 is 14.6 Å². The monoisotopic (exact) mass is 251 g/mol. The molecule has 0 radical (unpaired) electrons. The van der Waals surface area contributed by atoms with Crippen LogP contribution in [0.1, 0.15) is 19.4 Å². The second-order valence-corrected chi connectivity index (χ2v) is 4.70. The summed E-state index contributed by atoms with van der Waals surface area (Å²) in [6.45, 7) is 5.79. The lowest BCUT2D eigenvalue weighted by atomic mass is 10.1. The molecule has 18 heavy (non-hydrogen) atoms. The number of ether oxygens (including phenoxy) is 1. The Hall–Kier alpha value is -1.55. The van der Waals surface area contributed by atoms with Crippen molar-refractivity contribution in [2.24, 2.45) is 5.92 Å². The molecule has 1 aromatic carbocycles. The van der Waals surface area contributed by atoms with Gasteiger partial charge in [0.05, 0.1) is 12.6 Å². The quantitative estimate of drug-likeness (QED) is 0.805. The van der Waals surface area contributed by atoms with Gasteiger partial charge in [0.1, 0.15) is 5.75 Å². The Morgan fingerprint density at radius 2 is 1.94 bits per heavy atom. The lowest BCUT2D eigenvalue weighted by Crippen LogP contribution is -2.43. The molecule has 0 heterocycles. The number of hydrogen-bond donors (Lipinski definition) is 2. The van der Waals surface area contributed by atoms with Crippen molar-refractivity contribution >= 4 is 5.91 Å². The Labute approximate surface area is 108 Å². The van der Waals surface area contributed by atoms with Gasteiger partial charge in [0.25, 0.3) is 5.91 Å². The van der Waals surface area contributed by atoms with Crippen LogP contribution in [-0.4, -0.2) is 30.3 Å². The number of benzene rings is 1. The number of hydrogen-bond acceptors (Lipinski definition) is 3. The van der Waals surface area contributed by atoms with Gasteiger partial charge in [0.15, 0.2) is 6.61 Å². The largest absolute Gasteiger partial charge is 0.484 e. The first-order valence-corrected chi connectivity index (χ1v) is 6.12. The van der Waals surface area contributed by atoms with Crippen molar-refractivity contribution in [1.29, 1.82) is 0 Å². The molecular weight excluding hydrogens is 230 g/mol. The van der Waals surface area contributed by atoms with Gasteiger partial charge in [-0.1, -0.05) is 31.5 Å². The van der Waals surface area contributed by atoms with Gasteiger partial charge in [-0.15, -0.1) is 0 Å². The molecule has 1 atom stereocenters. The summed E-state index contributed by atoms with van der Waals surface area (Å²) in [6, 6.07) is 7.29. The number of aliphatic hydroxyl groups is 1. The molecule has 2 N–H and O–H groups in total. The van der Waals surface area contributed by atoms with E-state index < -0.39 is 0 Å². The number of aryl methyl sites for hydroxylation is 1. The Morgan fingerprint density at radius 1 is 1.33 bits per heavy atom. The molecule has 0 aliphatic carbocycles. The van der Waals surface area contributed by atoms with Gasteiger partial charge < -0.3 is 15.2 Å². The summed E-state index contributed by atoms with van der Waals surface area (Å²) in [4.78, 5) is 11.6. The van der Waals surface area contributed by atoms with Crippen LogP contribution in [0.25, 0.3) is 0 Å². The van der Waals surface area contributed by atoms with E-state index in [1.165, 1.54) is 0 Å². The minimum absolute atomic E-state index is 0.0354. The third kappa shape index (κ3) is 4.75. The van der Waals surface area contributed by atoms with Crippen LogP contribution in [0, 0.1) is 12.8 Å². The fourth-order valence-corrected chi connectivity index (χ4v) is 1.45. The molecule has 4 heteroatoms. The first-order valence-electron chi connectivity index (χ1n) is 6.12. The van der Waals surface area contributed by atoms with Gasteiger partial charge >= 0.3 is 0 Å². The molecule has 0 saturated carbocycles. The number of nitrogens with one attached hydrogen (secondary N) is 1. The molecule has 0 aromatic heterocycles. The fraction of sp³-hybridized carbons (Fsp3) is 0.500. The van der Waals surface area contributed by atoms with Gasteiger partial charge in [0, 0.05) is 0 Å². The predicted molar refractivity (Wildman–Crippen MR) is 70.5 cm³/mol. The molecule has 0 fully saturated rings. The van der Waals surface area contributed by atoms with E-state index in [4.69, 9.17) is 9.84 Å². The van der Waals surface area contributed by atoms with Crippen LogP contribution in [-0.2, 0) is 4.79 Å². The second kappa shape index (κ2) is 7.01. The van der Waals surface area contributed by atoms with E-state index >= 15 is 0 Å². The topological polar surface area (TPSA) is 58.6 Å². The highest BCUT2D eigenvalue weighted by atomic mass is 16.5. The zero-order chi connectivity index (χ0) is 13.5. The van der Waals surface area contributed by atoms with E-state index in [2.05, 4.69) is 5.32 Å². The average molecular weight is 251 g/mol. The molecule has 0 aliphatic rings. The molecule has 0 aliphatic heterocycles. The number of amides is 1. The summed E-state index contributed by atoms with van der Waals surface area (Å²) in [6.07, 6.45) is 0. The zero-order valence-corrected chi connectivity index (χ0v) is 11.1. The number of carbonyl (C=O) groups is 1. The van der Waals surface area contributed by atoms with E-state index in [1.807, 2.05) is 45.0 Å². The Balaban J connectivity index is 2.39. The highest BCUT2D eigenvalue weighted by Crippen LogP contribution is 2.11. The minimum atomic E-state index is -0.223. The van der Waals surface area contributed by atoms with Crippen LogP contribution in [0.5, 0.6) is 5.75 Å². The van der Waals surface area contributed by atoms with Gasteiger partial charge in [-0.05, 0) is 25.0 Å². The summed E-state index contributed by atoms with van der Waals surface area (Å²) >= 11 is 0. The van der Waals surface area contributed by atoms with Crippen LogP contribution >= 0.6 is 0 Å². The van der Waals surface area contributed by atoms with Crippen molar-refractivity contribution in [1.82, 2.24) is 5.32 Å². The van der Waals surface area contributed by atoms with Crippen LogP contribution in [0.3, 0.4) is 0 Å². The third-order valence-corrected chi connectivity index (χ3v) is 2.74. The van der Waals surface area contributed by atoms with E-state index in [0.717, 1.165) is 5.56 Å². The van der Waals surface area contributed by atoms with Crippen molar-refractivity contribution in [2.45, 2.75) is 26.8 Å². The number of rotatable bonds is 6.